The molecule has 25 heavy (non-hydrogen) atoms. The Morgan fingerprint density at radius 1 is 1.28 bits per heavy atom. The molecule has 1 amide bonds. The molecule has 1 aromatic carbocycles. The van der Waals surface area contributed by atoms with Crippen LogP contribution >= 0.6 is 11.8 Å². The van der Waals surface area contributed by atoms with Gasteiger partial charge in [-0.2, -0.15) is 0 Å². The van der Waals surface area contributed by atoms with Crippen LogP contribution in [0.4, 0.5) is 0 Å². The SMILES string of the molecule is COc1ccc(OC)c(CN(C(=O)c2cccnc2SC)C2CC2)c1. The van der Waals surface area contributed by atoms with Crippen molar-refractivity contribution < 1.29 is 14.3 Å². The molecule has 1 heterocycles. The zero-order valence-electron chi connectivity index (χ0n) is 14.7. The minimum Gasteiger partial charge on any atom is -0.497 e. The number of benzene rings is 1. The number of carbonyl (C=O) groups is 1. The molecule has 0 radical (unpaired) electrons. The van der Waals surface area contributed by atoms with E-state index in [1.807, 2.05) is 41.5 Å². The van der Waals surface area contributed by atoms with Crippen LogP contribution in [0, 0.1) is 0 Å². The van der Waals surface area contributed by atoms with Crippen LogP contribution in [0.15, 0.2) is 41.6 Å². The van der Waals surface area contributed by atoms with Crippen LogP contribution in [0.2, 0.25) is 0 Å². The highest BCUT2D eigenvalue weighted by Gasteiger charge is 2.34. The van der Waals surface area contributed by atoms with Crippen molar-refractivity contribution in [2.45, 2.75) is 30.5 Å². The van der Waals surface area contributed by atoms with Gasteiger partial charge in [-0.15, -0.1) is 11.8 Å². The second kappa shape index (κ2) is 7.78. The highest BCUT2D eigenvalue weighted by Crippen LogP contribution is 2.34. The molecule has 1 aliphatic rings. The van der Waals surface area contributed by atoms with Gasteiger partial charge in [0.15, 0.2) is 0 Å². The van der Waals surface area contributed by atoms with Gasteiger partial charge in [0, 0.05) is 17.8 Å². The van der Waals surface area contributed by atoms with Crippen LogP contribution in [0.3, 0.4) is 0 Å². The predicted molar refractivity (Wildman–Crippen MR) is 98.5 cm³/mol. The number of thioether (sulfide) groups is 1. The van der Waals surface area contributed by atoms with E-state index in [1.165, 1.54) is 11.8 Å². The zero-order valence-corrected chi connectivity index (χ0v) is 15.5. The molecule has 0 aliphatic heterocycles. The molecule has 1 fully saturated rings. The number of rotatable bonds is 7. The average Bonchev–Trinajstić information content (AvgIpc) is 3.50. The van der Waals surface area contributed by atoms with Crippen molar-refractivity contribution in [2.75, 3.05) is 20.5 Å². The number of amides is 1. The quantitative estimate of drug-likeness (QED) is 0.708. The van der Waals surface area contributed by atoms with Crippen molar-refractivity contribution in [1.82, 2.24) is 9.88 Å². The van der Waals surface area contributed by atoms with Gasteiger partial charge in [0.2, 0.25) is 0 Å². The number of aromatic nitrogens is 1. The van der Waals surface area contributed by atoms with Crippen LogP contribution in [-0.2, 0) is 6.54 Å². The summed E-state index contributed by atoms with van der Waals surface area (Å²) < 4.78 is 10.8. The molecule has 0 bridgehead atoms. The smallest absolute Gasteiger partial charge is 0.257 e. The Morgan fingerprint density at radius 2 is 2.08 bits per heavy atom. The Hall–Kier alpha value is -2.21. The topological polar surface area (TPSA) is 51.7 Å². The maximum absolute atomic E-state index is 13.2. The Bertz CT molecular complexity index is 762. The Labute approximate surface area is 152 Å². The van der Waals surface area contributed by atoms with E-state index in [-0.39, 0.29) is 11.9 Å². The second-order valence-electron chi connectivity index (χ2n) is 5.90. The minimum atomic E-state index is 0.0184. The Morgan fingerprint density at radius 3 is 2.72 bits per heavy atom. The summed E-state index contributed by atoms with van der Waals surface area (Å²) in [5.41, 5.74) is 1.60. The lowest BCUT2D eigenvalue weighted by Gasteiger charge is -2.24. The van der Waals surface area contributed by atoms with Gasteiger partial charge in [-0.25, -0.2) is 4.98 Å². The van der Waals surface area contributed by atoms with E-state index in [1.54, 1.807) is 20.4 Å². The highest BCUT2D eigenvalue weighted by atomic mass is 32.2. The van der Waals surface area contributed by atoms with Gasteiger partial charge in [-0.1, -0.05) is 0 Å². The van der Waals surface area contributed by atoms with Crippen molar-refractivity contribution in [3.8, 4) is 11.5 Å². The fourth-order valence-electron chi connectivity index (χ4n) is 2.81. The summed E-state index contributed by atoms with van der Waals surface area (Å²) in [4.78, 5) is 19.4. The van der Waals surface area contributed by atoms with Crippen LogP contribution in [0.5, 0.6) is 11.5 Å². The standard InChI is InChI=1S/C19H22N2O3S/c1-23-15-8-9-17(24-2)13(11-15)12-21(14-6-7-14)19(22)16-5-4-10-20-18(16)25-3/h4-5,8-11,14H,6-7,12H2,1-3H3. The molecule has 132 valence electrons. The first-order chi connectivity index (χ1) is 12.2. The Balaban J connectivity index is 1.91. The van der Waals surface area contributed by atoms with Crippen LogP contribution in [0.25, 0.3) is 0 Å². The first-order valence-electron chi connectivity index (χ1n) is 8.18. The van der Waals surface area contributed by atoms with Gasteiger partial charge >= 0.3 is 0 Å². The lowest BCUT2D eigenvalue weighted by molar-refractivity contribution is 0.0724. The molecule has 0 spiro atoms. The second-order valence-corrected chi connectivity index (χ2v) is 6.70. The third-order valence-corrected chi connectivity index (χ3v) is 4.98. The van der Waals surface area contributed by atoms with Gasteiger partial charge in [0.25, 0.3) is 5.91 Å². The molecule has 1 aliphatic carbocycles. The number of nitrogens with zero attached hydrogens (tertiary/aromatic N) is 2. The molecule has 6 heteroatoms. The van der Waals surface area contributed by atoms with E-state index in [2.05, 4.69) is 4.98 Å². The third kappa shape index (κ3) is 3.90. The highest BCUT2D eigenvalue weighted by molar-refractivity contribution is 7.98. The van der Waals surface area contributed by atoms with E-state index in [4.69, 9.17) is 9.47 Å². The number of hydrogen-bond acceptors (Lipinski definition) is 5. The number of methoxy groups -OCH3 is 2. The molecular weight excluding hydrogens is 336 g/mol. The monoisotopic (exact) mass is 358 g/mol. The van der Waals surface area contributed by atoms with Crippen molar-refractivity contribution in [1.29, 1.82) is 0 Å². The minimum absolute atomic E-state index is 0.0184. The average molecular weight is 358 g/mol. The van der Waals surface area contributed by atoms with Gasteiger partial charge in [0.1, 0.15) is 16.5 Å². The summed E-state index contributed by atoms with van der Waals surface area (Å²) in [6.07, 6.45) is 5.72. The lowest BCUT2D eigenvalue weighted by atomic mass is 10.1. The lowest BCUT2D eigenvalue weighted by Crippen LogP contribution is -2.33. The number of ether oxygens (including phenoxy) is 2. The maximum atomic E-state index is 13.2. The van der Waals surface area contributed by atoms with Crippen molar-refractivity contribution in [3.63, 3.8) is 0 Å². The summed E-state index contributed by atoms with van der Waals surface area (Å²) in [6, 6.07) is 9.60. The van der Waals surface area contributed by atoms with Crippen molar-refractivity contribution >= 4 is 17.7 Å². The number of pyridine rings is 1. The fraction of sp³-hybridized carbons (Fsp3) is 0.368. The summed E-state index contributed by atoms with van der Waals surface area (Å²) in [6.45, 7) is 0.493. The van der Waals surface area contributed by atoms with Crippen LogP contribution < -0.4 is 9.47 Å². The van der Waals surface area contributed by atoms with Crippen LogP contribution in [0.1, 0.15) is 28.8 Å². The molecule has 1 saturated carbocycles. The molecule has 0 unspecified atom stereocenters. The molecule has 3 rings (SSSR count). The van der Waals surface area contributed by atoms with Crippen molar-refractivity contribution in [3.05, 3.63) is 47.7 Å². The van der Waals surface area contributed by atoms with E-state index in [0.717, 1.165) is 34.9 Å². The van der Waals surface area contributed by atoms with E-state index in [9.17, 15) is 4.79 Å². The fourth-order valence-corrected chi connectivity index (χ4v) is 3.35. The van der Waals surface area contributed by atoms with E-state index >= 15 is 0 Å². The molecule has 0 N–H and O–H groups in total. The summed E-state index contributed by atoms with van der Waals surface area (Å²) in [7, 11) is 3.28. The van der Waals surface area contributed by atoms with E-state index < -0.39 is 0 Å². The van der Waals surface area contributed by atoms with Crippen LogP contribution in [-0.4, -0.2) is 42.3 Å². The molecule has 1 aromatic heterocycles. The first kappa shape index (κ1) is 17.6. The normalized spacial score (nSPS) is 13.4. The molecular formula is C19H22N2O3S. The number of hydrogen-bond donors (Lipinski definition) is 0. The molecule has 5 nitrogen and oxygen atoms in total. The zero-order chi connectivity index (χ0) is 17.8. The van der Waals surface area contributed by atoms with Crippen molar-refractivity contribution in [2.24, 2.45) is 0 Å². The summed E-state index contributed by atoms with van der Waals surface area (Å²) in [5.74, 6) is 1.53. The molecule has 2 aromatic rings. The van der Waals surface area contributed by atoms with Gasteiger partial charge < -0.3 is 14.4 Å². The molecule has 0 atom stereocenters. The first-order valence-corrected chi connectivity index (χ1v) is 9.41. The number of carbonyl (C=O) groups excluding carboxylic acids is 1. The summed E-state index contributed by atoms with van der Waals surface area (Å²) >= 11 is 1.49. The van der Waals surface area contributed by atoms with Gasteiger partial charge in [0.05, 0.1) is 26.3 Å². The molecule has 0 saturated heterocycles. The largest absolute Gasteiger partial charge is 0.497 e. The van der Waals surface area contributed by atoms with Gasteiger partial charge in [-0.3, -0.25) is 4.79 Å². The Kier molecular flexibility index (Phi) is 5.48. The maximum Gasteiger partial charge on any atom is 0.257 e. The third-order valence-electron chi connectivity index (χ3n) is 4.27. The van der Waals surface area contributed by atoms with Gasteiger partial charge in [-0.05, 0) is 49.4 Å². The van der Waals surface area contributed by atoms with E-state index in [0.29, 0.717) is 12.1 Å². The summed E-state index contributed by atoms with van der Waals surface area (Å²) in [5, 5.41) is 0.760. The predicted octanol–water partition coefficient (Wildman–Crippen LogP) is 3.63.